The van der Waals surface area contributed by atoms with Gasteiger partial charge >= 0.3 is 0 Å². The van der Waals surface area contributed by atoms with Crippen LogP contribution < -0.4 is 4.74 Å². The molecule has 0 aliphatic heterocycles. The van der Waals surface area contributed by atoms with Crippen molar-refractivity contribution in [2.75, 3.05) is 7.11 Å². The van der Waals surface area contributed by atoms with Gasteiger partial charge in [0.2, 0.25) is 0 Å². The van der Waals surface area contributed by atoms with Gasteiger partial charge in [0.15, 0.2) is 0 Å². The minimum Gasteiger partial charge on any atom is -0.497 e. The number of hydrogen-bond acceptors (Lipinski definition) is 3. The van der Waals surface area contributed by atoms with Crippen molar-refractivity contribution in [3.05, 3.63) is 29.3 Å². The molecule has 0 spiro atoms. The SMILES string of the molecule is COc1ccc2c(c1)CC[C@H]1[C@@H]3CCC(=O)[C@@]3(C)CC[C@@]21O. The van der Waals surface area contributed by atoms with Crippen LogP contribution in [-0.2, 0) is 16.8 Å². The molecule has 3 aliphatic carbocycles. The molecule has 4 atom stereocenters. The Balaban J connectivity index is 1.77. The monoisotopic (exact) mass is 300 g/mol. The molecule has 0 saturated heterocycles. The van der Waals surface area contributed by atoms with Crippen molar-refractivity contribution in [2.24, 2.45) is 17.3 Å². The van der Waals surface area contributed by atoms with E-state index in [9.17, 15) is 9.90 Å². The normalized spacial score (nSPS) is 39.9. The Bertz CT molecular complexity index is 638. The first-order valence-electron chi connectivity index (χ1n) is 8.42. The van der Waals surface area contributed by atoms with Gasteiger partial charge in [0.25, 0.3) is 0 Å². The van der Waals surface area contributed by atoms with E-state index in [0.29, 0.717) is 24.5 Å². The lowest BCUT2D eigenvalue weighted by Crippen LogP contribution is -2.52. The molecule has 2 saturated carbocycles. The molecule has 2 fully saturated rings. The summed E-state index contributed by atoms with van der Waals surface area (Å²) in [5.41, 5.74) is 1.34. The first kappa shape index (κ1) is 14.3. The quantitative estimate of drug-likeness (QED) is 0.866. The van der Waals surface area contributed by atoms with Crippen LogP contribution in [0.15, 0.2) is 18.2 Å². The lowest BCUT2D eigenvalue weighted by atomic mass is 9.53. The summed E-state index contributed by atoms with van der Waals surface area (Å²) < 4.78 is 5.32. The molecule has 0 aromatic heterocycles. The fourth-order valence-corrected chi connectivity index (χ4v) is 5.45. The Labute approximate surface area is 131 Å². The van der Waals surface area contributed by atoms with E-state index in [1.165, 1.54) is 5.56 Å². The summed E-state index contributed by atoms with van der Waals surface area (Å²) in [5.74, 6) is 1.84. The summed E-state index contributed by atoms with van der Waals surface area (Å²) in [6, 6.07) is 6.06. The molecule has 1 N–H and O–H groups in total. The molecule has 3 heteroatoms. The molecule has 0 amide bonds. The number of carbonyl (C=O) groups is 1. The topological polar surface area (TPSA) is 46.5 Å². The number of rotatable bonds is 1. The number of fused-ring (bicyclic) bond motifs is 5. The Kier molecular flexibility index (Phi) is 2.96. The van der Waals surface area contributed by atoms with Crippen LogP contribution in [0.5, 0.6) is 5.75 Å². The molecule has 3 nitrogen and oxygen atoms in total. The standard InChI is InChI=1S/C19H24O3/c1-18-9-10-19(21)14-6-4-13(22-2)11-12(14)3-5-16(19)15(18)7-8-17(18)20/h4,6,11,15-16,21H,3,5,7-10H2,1-2H3/t15-,16-,18-,19+/m0/s1. The molecule has 3 aliphatic rings. The van der Waals surface area contributed by atoms with Crippen molar-refractivity contribution < 1.29 is 14.6 Å². The van der Waals surface area contributed by atoms with E-state index >= 15 is 0 Å². The number of benzene rings is 1. The number of hydrogen-bond donors (Lipinski definition) is 1. The van der Waals surface area contributed by atoms with E-state index in [1.807, 2.05) is 12.1 Å². The fourth-order valence-electron chi connectivity index (χ4n) is 5.45. The van der Waals surface area contributed by atoms with Crippen molar-refractivity contribution in [3.63, 3.8) is 0 Å². The van der Waals surface area contributed by atoms with Crippen LogP contribution in [0.1, 0.15) is 50.2 Å². The maximum Gasteiger partial charge on any atom is 0.139 e. The molecule has 4 rings (SSSR count). The van der Waals surface area contributed by atoms with Gasteiger partial charge in [0.1, 0.15) is 11.5 Å². The number of ether oxygens (including phenoxy) is 1. The third-order valence-corrected chi connectivity index (χ3v) is 6.77. The number of aliphatic hydroxyl groups is 1. The number of Topliss-reactive ketones (excluding diaryl/α,β-unsaturated/α-hetero) is 1. The largest absolute Gasteiger partial charge is 0.497 e. The Morgan fingerprint density at radius 2 is 1.95 bits per heavy atom. The van der Waals surface area contributed by atoms with Gasteiger partial charge in [-0.05, 0) is 67.2 Å². The van der Waals surface area contributed by atoms with Gasteiger partial charge < -0.3 is 9.84 Å². The van der Waals surface area contributed by atoms with E-state index < -0.39 is 5.60 Å². The molecule has 118 valence electrons. The van der Waals surface area contributed by atoms with Gasteiger partial charge in [-0.3, -0.25) is 4.79 Å². The maximum atomic E-state index is 12.3. The lowest BCUT2D eigenvalue weighted by molar-refractivity contribution is -0.146. The molecule has 22 heavy (non-hydrogen) atoms. The number of carbonyl (C=O) groups excluding carboxylic acids is 1. The predicted octanol–water partition coefficient (Wildman–Crippen LogP) is 3.22. The second-order valence-electron chi connectivity index (χ2n) is 7.58. The summed E-state index contributed by atoms with van der Waals surface area (Å²) in [6.07, 6.45) is 5.12. The Hall–Kier alpha value is -1.35. The van der Waals surface area contributed by atoms with Crippen LogP contribution in [0, 0.1) is 17.3 Å². The summed E-state index contributed by atoms with van der Waals surface area (Å²) in [6.45, 7) is 2.14. The molecule has 0 bridgehead atoms. The highest BCUT2D eigenvalue weighted by atomic mass is 16.5. The predicted molar refractivity (Wildman–Crippen MR) is 83.8 cm³/mol. The minimum atomic E-state index is -0.755. The summed E-state index contributed by atoms with van der Waals surface area (Å²) in [5, 5.41) is 11.5. The highest BCUT2D eigenvalue weighted by Gasteiger charge is 2.59. The van der Waals surface area contributed by atoms with Crippen LogP contribution in [0.2, 0.25) is 0 Å². The van der Waals surface area contributed by atoms with E-state index in [0.717, 1.165) is 37.0 Å². The third kappa shape index (κ3) is 1.69. The van der Waals surface area contributed by atoms with Crippen LogP contribution in [0.25, 0.3) is 0 Å². The summed E-state index contributed by atoms with van der Waals surface area (Å²) in [4.78, 5) is 12.3. The highest BCUT2D eigenvalue weighted by molar-refractivity contribution is 5.87. The van der Waals surface area contributed by atoms with Crippen molar-refractivity contribution >= 4 is 5.78 Å². The number of aryl methyl sites for hydroxylation is 1. The minimum absolute atomic E-state index is 0.194. The zero-order valence-corrected chi connectivity index (χ0v) is 13.4. The zero-order valence-electron chi connectivity index (χ0n) is 13.4. The van der Waals surface area contributed by atoms with Gasteiger partial charge in [-0.25, -0.2) is 0 Å². The van der Waals surface area contributed by atoms with Crippen LogP contribution >= 0.6 is 0 Å². The first-order chi connectivity index (χ1) is 10.5. The van der Waals surface area contributed by atoms with Gasteiger partial charge in [-0.2, -0.15) is 0 Å². The van der Waals surface area contributed by atoms with Crippen LogP contribution in [0.3, 0.4) is 0 Å². The van der Waals surface area contributed by atoms with Crippen LogP contribution in [0.4, 0.5) is 0 Å². The van der Waals surface area contributed by atoms with Gasteiger partial charge in [-0.15, -0.1) is 0 Å². The Morgan fingerprint density at radius 1 is 1.18 bits per heavy atom. The van der Waals surface area contributed by atoms with Crippen molar-refractivity contribution in [1.82, 2.24) is 0 Å². The van der Waals surface area contributed by atoms with E-state index in [1.54, 1.807) is 7.11 Å². The average molecular weight is 300 g/mol. The lowest BCUT2D eigenvalue weighted by Gasteiger charge is -2.53. The summed E-state index contributed by atoms with van der Waals surface area (Å²) in [7, 11) is 1.68. The molecule has 1 aromatic rings. The highest BCUT2D eigenvalue weighted by Crippen LogP contribution is 2.61. The van der Waals surface area contributed by atoms with Gasteiger partial charge in [-0.1, -0.05) is 13.0 Å². The first-order valence-corrected chi connectivity index (χ1v) is 8.42. The molecule has 0 radical (unpaired) electrons. The molecule has 1 aromatic carbocycles. The second-order valence-corrected chi connectivity index (χ2v) is 7.58. The Morgan fingerprint density at radius 3 is 2.73 bits per heavy atom. The molecular weight excluding hydrogens is 276 g/mol. The van der Waals surface area contributed by atoms with Crippen LogP contribution in [-0.4, -0.2) is 18.0 Å². The van der Waals surface area contributed by atoms with Crippen molar-refractivity contribution in [1.29, 1.82) is 0 Å². The van der Waals surface area contributed by atoms with E-state index in [4.69, 9.17) is 4.74 Å². The molecule has 0 heterocycles. The third-order valence-electron chi connectivity index (χ3n) is 6.77. The second kappa shape index (κ2) is 4.58. The van der Waals surface area contributed by atoms with E-state index in [2.05, 4.69) is 13.0 Å². The number of ketones is 1. The summed E-state index contributed by atoms with van der Waals surface area (Å²) >= 11 is 0. The fraction of sp³-hybridized carbons (Fsp3) is 0.632. The van der Waals surface area contributed by atoms with Gasteiger partial charge in [0.05, 0.1) is 12.7 Å². The van der Waals surface area contributed by atoms with E-state index in [-0.39, 0.29) is 11.3 Å². The molecular formula is C19H24O3. The average Bonchev–Trinajstić information content (AvgIpc) is 2.82. The smallest absolute Gasteiger partial charge is 0.139 e. The molecule has 0 unspecified atom stereocenters. The van der Waals surface area contributed by atoms with Crippen molar-refractivity contribution in [3.8, 4) is 5.75 Å². The maximum absolute atomic E-state index is 12.3. The van der Waals surface area contributed by atoms with Gasteiger partial charge in [0, 0.05) is 11.8 Å². The zero-order chi connectivity index (χ0) is 15.5. The van der Waals surface area contributed by atoms with Crippen molar-refractivity contribution in [2.45, 2.75) is 51.0 Å². The number of methoxy groups -OCH3 is 1.